The molecule has 0 unspecified atom stereocenters. The molecule has 2 aromatic heterocycles. The van der Waals surface area contributed by atoms with Gasteiger partial charge < -0.3 is 10.0 Å². The molecule has 1 N–H and O–H groups in total. The van der Waals surface area contributed by atoms with Gasteiger partial charge in [-0.25, -0.2) is 4.90 Å². The number of phenols is 1. The Balaban J connectivity index is 1.63. The summed E-state index contributed by atoms with van der Waals surface area (Å²) in [4.78, 5) is 16.8. The van der Waals surface area contributed by atoms with Gasteiger partial charge in [0.15, 0.2) is 22.4 Å². The second-order valence-corrected chi connectivity index (χ2v) is 7.23. The highest BCUT2D eigenvalue weighted by Crippen LogP contribution is 2.47. The number of carbonyl (C=O) groups excluding carboxylic acids is 1. The normalized spacial score (nSPS) is 18.6. The molecule has 1 saturated carbocycles. The van der Waals surface area contributed by atoms with Crippen LogP contribution in [0.1, 0.15) is 25.1 Å². The van der Waals surface area contributed by atoms with Crippen LogP contribution in [0.3, 0.4) is 0 Å². The number of nitrogens with zero attached hydrogens (tertiary/aromatic N) is 6. The summed E-state index contributed by atoms with van der Waals surface area (Å²) in [5, 5.41) is 22.6. The second-order valence-electron chi connectivity index (χ2n) is 6.87. The van der Waals surface area contributed by atoms with Gasteiger partial charge in [-0.05, 0) is 74.8 Å². The molecule has 0 atom stereocenters. The fourth-order valence-corrected chi connectivity index (χ4v) is 4.25. The van der Waals surface area contributed by atoms with E-state index in [0.29, 0.717) is 22.4 Å². The zero-order chi connectivity index (χ0) is 18.8. The van der Waals surface area contributed by atoms with Crippen LogP contribution in [0.15, 0.2) is 36.4 Å². The van der Waals surface area contributed by atoms with Crippen molar-refractivity contribution in [1.29, 1.82) is 0 Å². The Hall–Kier alpha value is -3.07. The van der Waals surface area contributed by atoms with E-state index >= 15 is 0 Å². The van der Waals surface area contributed by atoms with Crippen molar-refractivity contribution < 1.29 is 9.90 Å². The largest absolute Gasteiger partial charge is 0.508 e. The van der Waals surface area contributed by atoms with Gasteiger partial charge in [0.05, 0.1) is 0 Å². The number of benzene rings is 1. The van der Waals surface area contributed by atoms with Crippen molar-refractivity contribution >= 4 is 40.4 Å². The Morgan fingerprint density at radius 3 is 2.52 bits per heavy atom. The molecule has 9 heteroatoms. The van der Waals surface area contributed by atoms with E-state index in [1.165, 1.54) is 4.90 Å². The maximum Gasteiger partial charge on any atom is 0.260 e. The average molecular weight is 380 g/mol. The molecule has 0 radical (unpaired) electrons. The van der Waals surface area contributed by atoms with E-state index in [1.54, 1.807) is 47.8 Å². The van der Waals surface area contributed by atoms with Gasteiger partial charge in [-0.3, -0.25) is 4.79 Å². The molecule has 1 aliphatic heterocycles. The summed E-state index contributed by atoms with van der Waals surface area (Å²) in [5.74, 6) is 1.19. The van der Waals surface area contributed by atoms with Crippen LogP contribution in [0.2, 0.25) is 0 Å². The first-order chi connectivity index (χ1) is 13.0. The molecule has 1 spiro atoms. The summed E-state index contributed by atoms with van der Waals surface area (Å²) in [5.41, 5.74) is 0.727. The number of hydrogen-bond donors (Lipinski definition) is 1. The van der Waals surface area contributed by atoms with Gasteiger partial charge in [0, 0.05) is 5.69 Å². The SMILES string of the molecule is Cc1nnc2ccc(N3C(=O)C4(CCC4)N(c4ccc(O)cc4)C3=S)nn12. The molecule has 27 heavy (non-hydrogen) atoms. The minimum atomic E-state index is -0.674. The van der Waals surface area contributed by atoms with E-state index in [1.807, 2.05) is 4.90 Å². The number of fused-ring (bicyclic) bond motifs is 1. The van der Waals surface area contributed by atoms with Crippen molar-refractivity contribution in [2.75, 3.05) is 9.80 Å². The number of rotatable bonds is 2. The molecule has 1 saturated heterocycles. The topological polar surface area (TPSA) is 86.9 Å². The number of phenolic OH excluding ortho intramolecular Hbond substituents is 1. The first-order valence-electron chi connectivity index (χ1n) is 8.68. The molecule has 3 heterocycles. The van der Waals surface area contributed by atoms with Crippen LogP contribution < -0.4 is 9.80 Å². The second kappa shape index (κ2) is 5.46. The first kappa shape index (κ1) is 16.1. The van der Waals surface area contributed by atoms with Gasteiger partial charge in [0.2, 0.25) is 0 Å². The molecule has 2 fully saturated rings. The van der Waals surface area contributed by atoms with Gasteiger partial charge in [-0.1, -0.05) is 0 Å². The van der Waals surface area contributed by atoms with Crippen molar-refractivity contribution in [2.45, 2.75) is 31.7 Å². The standard InChI is InChI=1S/C18H16N6O2S/c1-11-19-20-14-7-8-15(21-24(11)14)22-16(26)18(9-2-10-18)23(17(22)27)12-3-5-13(25)6-4-12/h3-8,25H,2,9-10H2,1H3. The van der Waals surface area contributed by atoms with Gasteiger partial charge >= 0.3 is 0 Å². The Morgan fingerprint density at radius 1 is 1.11 bits per heavy atom. The van der Waals surface area contributed by atoms with Crippen molar-refractivity contribution in [3.05, 3.63) is 42.2 Å². The fourth-order valence-electron chi connectivity index (χ4n) is 3.79. The molecule has 136 valence electrons. The number of aromatic nitrogens is 4. The molecule has 1 aromatic carbocycles. The van der Waals surface area contributed by atoms with Gasteiger partial charge in [0.25, 0.3) is 5.91 Å². The lowest BCUT2D eigenvalue weighted by atomic mass is 9.75. The number of aromatic hydroxyl groups is 1. The summed E-state index contributed by atoms with van der Waals surface area (Å²) in [6.07, 6.45) is 2.43. The summed E-state index contributed by atoms with van der Waals surface area (Å²) in [6, 6.07) is 10.3. The first-order valence-corrected chi connectivity index (χ1v) is 9.09. The summed E-state index contributed by atoms with van der Waals surface area (Å²) < 4.78 is 1.60. The Bertz CT molecular complexity index is 1090. The number of carbonyl (C=O) groups is 1. The van der Waals surface area contributed by atoms with Crippen molar-refractivity contribution in [3.8, 4) is 5.75 Å². The van der Waals surface area contributed by atoms with Crippen LogP contribution in [0.25, 0.3) is 5.65 Å². The molecule has 1 amide bonds. The lowest BCUT2D eigenvalue weighted by molar-refractivity contribution is -0.123. The zero-order valence-corrected chi connectivity index (χ0v) is 15.3. The summed E-state index contributed by atoms with van der Waals surface area (Å²) in [6.45, 7) is 1.80. The highest BCUT2D eigenvalue weighted by molar-refractivity contribution is 7.81. The highest BCUT2D eigenvalue weighted by Gasteiger charge is 2.59. The number of thiocarbonyl (C=S) groups is 1. The molecule has 8 nitrogen and oxygen atoms in total. The van der Waals surface area contributed by atoms with E-state index in [4.69, 9.17) is 12.2 Å². The molecule has 1 aliphatic carbocycles. The van der Waals surface area contributed by atoms with E-state index < -0.39 is 5.54 Å². The van der Waals surface area contributed by atoms with Crippen LogP contribution >= 0.6 is 12.2 Å². The van der Waals surface area contributed by atoms with Crippen LogP contribution in [0.4, 0.5) is 11.5 Å². The van der Waals surface area contributed by atoms with Crippen LogP contribution in [0.5, 0.6) is 5.75 Å². The van der Waals surface area contributed by atoms with Gasteiger partial charge in [-0.2, -0.15) is 4.52 Å². The maximum atomic E-state index is 13.4. The third-order valence-electron chi connectivity index (χ3n) is 5.33. The lowest BCUT2D eigenvalue weighted by Gasteiger charge is -2.43. The van der Waals surface area contributed by atoms with Gasteiger partial charge in [0.1, 0.15) is 11.3 Å². The van der Waals surface area contributed by atoms with Crippen LogP contribution in [-0.4, -0.2) is 41.5 Å². The summed E-state index contributed by atoms with van der Waals surface area (Å²) in [7, 11) is 0. The number of aryl methyl sites for hydroxylation is 1. The van der Waals surface area contributed by atoms with Crippen molar-refractivity contribution in [1.82, 2.24) is 19.8 Å². The van der Waals surface area contributed by atoms with Gasteiger partial charge in [-0.15, -0.1) is 15.3 Å². The Morgan fingerprint density at radius 2 is 1.85 bits per heavy atom. The molecule has 0 bridgehead atoms. The molecule has 5 rings (SSSR count). The maximum absolute atomic E-state index is 13.4. The Labute approximate surface area is 160 Å². The minimum absolute atomic E-state index is 0.0654. The van der Waals surface area contributed by atoms with Crippen LogP contribution in [0, 0.1) is 6.92 Å². The predicted molar refractivity (Wildman–Crippen MR) is 103 cm³/mol. The van der Waals surface area contributed by atoms with E-state index in [-0.39, 0.29) is 11.7 Å². The number of anilines is 2. The zero-order valence-electron chi connectivity index (χ0n) is 14.5. The van der Waals surface area contributed by atoms with Crippen molar-refractivity contribution in [3.63, 3.8) is 0 Å². The van der Waals surface area contributed by atoms with E-state index in [0.717, 1.165) is 24.9 Å². The molecule has 3 aromatic rings. The molecular weight excluding hydrogens is 364 g/mol. The molecular formula is C18H16N6O2S. The smallest absolute Gasteiger partial charge is 0.260 e. The third kappa shape index (κ3) is 2.11. The number of amides is 1. The lowest BCUT2D eigenvalue weighted by Crippen LogP contribution is -2.55. The van der Waals surface area contributed by atoms with Crippen molar-refractivity contribution in [2.24, 2.45) is 0 Å². The molecule has 2 aliphatic rings. The fraction of sp³-hybridized carbons (Fsp3) is 0.278. The highest BCUT2D eigenvalue weighted by atomic mass is 32.1. The predicted octanol–water partition coefficient (Wildman–Crippen LogP) is 2.20. The van der Waals surface area contributed by atoms with E-state index in [2.05, 4.69) is 15.3 Å². The van der Waals surface area contributed by atoms with Crippen LogP contribution in [-0.2, 0) is 4.79 Å². The third-order valence-corrected chi connectivity index (χ3v) is 5.70. The summed E-state index contributed by atoms with van der Waals surface area (Å²) >= 11 is 5.71. The van der Waals surface area contributed by atoms with E-state index in [9.17, 15) is 9.90 Å². The monoisotopic (exact) mass is 380 g/mol. The Kier molecular flexibility index (Phi) is 3.26. The quantitative estimate of drug-likeness (QED) is 0.682. The number of hydrogen-bond acceptors (Lipinski definition) is 6. The minimum Gasteiger partial charge on any atom is -0.508 e. The average Bonchev–Trinajstić information content (AvgIpc) is 3.10.